The van der Waals surface area contributed by atoms with Crippen LogP contribution in [0.3, 0.4) is 0 Å². The summed E-state index contributed by atoms with van der Waals surface area (Å²) in [6, 6.07) is 0. The van der Waals surface area contributed by atoms with Gasteiger partial charge in [-0.25, -0.2) is 4.98 Å². The van der Waals surface area contributed by atoms with E-state index in [0.717, 1.165) is 6.42 Å². The molecule has 0 aliphatic rings. The topological polar surface area (TPSA) is 38.9 Å². The number of aromatic nitrogens is 1. The van der Waals surface area contributed by atoms with E-state index >= 15 is 0 Å². The zero-order chi connectivity index (χ0) is 8.97. The summed E-state index contributed by atoms with van der Waals surface area (Å²) in [5.74, 6) is 0.614. The predicted molar refractivity (Wildman–Crippen MR) is 54.5 cm³/mol. The smallest absolute Gasteiger partial charge is 0.180 e. The molecule has 0 saturated heterocycles. The van der Waals surface area contributed by atoms with Gasteiger partial charge in [-0.05, 0) is 12.8 Å². The number of nitrogens with two attached hydrogens (primary N) is 1. The number of nitrogens with zero attached hydrogens (tertiary/aromatic N) is 1. The first-order chi connectivity index (χ1) is 5.77. The molecular weight excluding hydrogens is 168 g/mol. The summed E-state index contributed by atoms with van der Waals surface area (Å²) in [6.45, 7) is 4.41. The SMILES string of the molecule is CCCC(CC)c1csc(N)n1. The molecule has 1 atom stereocenters. The fraction of sp³-hybridized carbons (Fsp3) is 0.667. The fourth-order valence-electron chi connectivity index (χ4n) is 1.40. The average molecular weight is 184 g/mol. The van der Waals surface area contributed by atoms with E-state index in [1.54, 1.807) is 11.3 Å². The van der Waals surface area contributed by atoms with E-state index in [9.17, 15) is 0 Å². The highest BCUT2D eigenvalue weighted by molar-refractivity contribution is 7.13. The van der Waals surface area contributed by atoms with E-state index in [4.69, 9.17) is 5.73 Å². The second-order valence-corrected chi connectivity index (χ2v) is 3.89. The Bertz CT molecular complexity index is 232. The van der Waals surface area contributed by atoms with Gasteiger partial charge in [0.25, 0.3) is 0 Å². The average Bonchev–Trinajstić information content (AvgIpc) is 2.47. The number of rotatable bonds is 4. The number of hydrogen-bond donors (Lipinski definition) is 1. The Morgan fingerprint density at radius 1 is 1.58 bits per heavy atom. The minimum Gasteiger partial charge on any atom is -0.375 e. The Labute approximate surface area is 77.8 Å². The molecule has 0 radical (unpaired) electrons. The zero-order valence-electron chi connectivity index (χ0n) is 7.71. The molecule has 0 spiro atoms. The van der Waals surface area contributed by atoms with Gasteiger partial charge in [0.1, 0.15) is 0 Å². The normalized spacial score (nSPS) is 13.2. The van der Waals surface area contributed by atoms with Crippen LogP contribution in [0.25, 0.3) is 0 Å². The van der Waals surface area contributed by atoms with Crippen molar-refractivity contribution >= 4 is 16.5 Å². The van der Waals surface area contributed by atoms with Gasteiger partial charge in [-0.3, -0.25) is 0 Å². The van der Waals surface area contributed by atoms with Gasteiger partial charge in [0, 0.05) is 11.3 Å². The molecule has 2 nitrogen and oxygen atoms in total. The Morgan fingerprint density at radius 2 is 2.33 bits per heavy atom. The molecule has 1 rings (SSSR count). The van der Waals surface area contributed by atoms with Crippen molar-refractivity contribution in [3.63, 3.8) is 0 Å². The van der Waals surface area contributed by atoms with E-state index in [1.807, 2.05) is 0 Å². The maximum atomic E-state index is 5.57. The number of nitrogen functional groups attached to an aromatic ring is 1. The second kappa shape index (κ2) is 4.45. The van der Waals surface area contributed by atoms with Crippen molar-refractivity contribution in [3.8, 4) is 0 Å². The molecule has 2 N–H and O–H groups in total. The molecule has 12 heavy (non-hydrogen) atoms. The molecule has 0 amide bonds. The molecule has 0 saturated carbocycles. The van der Waals surface area contributed by atoms with E-state index in [1.165, 1.54) is 18.5 Å². The van der Waals surface area contributed by atoms with Crippen LogP contribution in [-0.4, -0.2) is 4.98 Å². The van der Waals surface area contributed by atoms with Gasteiger partial charge in [-0.2, -0.15) is 0 Å². The Kier molecular flexibility index (Phi) is 3.53. The largest absolute Gasteiger partial charge is 0.375 e. The summed E-state index contributed by atoms with van der Waals surface area (Å²) in [6.07, 6.45) is 3.60. The molecule has 0 bridgehead atoms. The number of thiazole rings is 1. The Morgan fingerprint density at radius 3 is 2.75 bits per heavy atom. The lowest BCUT2D eigenvalue weighted by Crippen LogP contribution is -1.97. The Hall–Kier alpha value is -0.570. The predicted octanol–water partition coefficient (Wildman–Crippen LogP) is 3.02. The lowest BCUT2D eigenvalue weighted by molar-refractivity contribution is 0.584. The molecule has 0 aliphatic heterocycles. The summed E-state index contributed by atoms with van der Waals surface area (Å²) >= 11 is 1.54. The third-order valence-corrected chi connectivity index (χ3v) is 2.78. The quantitative estimate of drug-likeness (QED) is 0.781. The second-order valence-electron chi connectivity index (χ2n) is 3.00. The van der Waals surface area contributed by atoms with Crippen LogP contribution >= 0.6 is 11.3 Å². The van der Waals surface area contributed by atoms with Gasteiger partial charge in [-0.1, -0.05) is 20.3 Å². The van der Waals surface area contributed by atoms with Crippen LogP contribution in [0, 0.1) is 0 Å². The van der Waals surface area contributed by atoms with Gasteiger partial charge in [0.15, 0.2) is 5.13 Å². The molecule has 1 heterocycles. The van der Waals surface area contributed by atoms with E-state index in [-0.39, 0.29) is 0 Å². The highest BCUT2D eigenvalue weighted by Crippen LogP contribution is 2.26. The molecule has 1 unspecified atom stereocenters. The summed E-state index contributed by atoms with van der Waals surface area (Å²) in [5.41, 5.74) is 6.76. The number of hydrogen-bond acceptors (Lipinski definition) is 3. The van der Waals surface area contributed by atoms with Crippen molar-refractivity contribution in [3.05, 3.63) is 11.1 Å². The molecule has 68 valence electrons. The first-order valence-electron chi connectivity index (χ1n) is 4.48. The third-order valence-electron chi connectivity index (χ3n) is 2.09. The van der Waals surface area contributed by atoms with E-state index in [0.29, 0.717) is 11.0 Å². The fourth-order valence-corrected chi connectivity index (χ4v) is 2.04. The van der Waals surface area contributed by atoms with Crippen LogP contribution in [0.5, 0.6) is 0 Å². The van der Waals surface area contributed by atoms with Crippen LogP contribution in [0.15, 0.2) is 5.38 Å². The van der Waals surface area contributed by atoms with Crippen LogP contribution in [0.4, 0.5) is 5.13 Å². The molecule has 1 aromatic heterocycles. The van der Waals surface area contributed by atoms with Crippen LogP contribution in [-0.2, 0) is 0 Å². The van der Waals surface area contributed by atoms with Crippen molar-refractivity contribution in [2.24, 2.45) is 0 Å². The van der Waals surface area contributed by atoms with Crippen LogP contribution in [0.1, 0.15) is 44.7 Å². The molecule has 3 heteroatoms. The van der Waals surface area contributed by atoms with Gasteiger partial charge in [0.05, 0.1) is 5.69 Å². The summed E-state index contributed by atoms with van der Waals surface area (Å²) in [7, 11) is 0. The molecule has 1 aromatic rings. The Balaban J connectivity index is 2.66. The van der Waals surface area contributed by atoms with Gasteiger partial charge < -0.3 is 5.73 Å². The lowest BCUT2D eigenvalue weighted by Gasteiger charge is -2.09. The van der Waals surface area contributed by atoms with Gasteiger partial charge in [-0.15, -0.1) is 11.3 Å². The third kappa shape index (κ3) is 2.21. The monoisotopic (exact) mass is 184 g/mol. The van der Waals surface area contributed by atoms with Gasteiger partial charge >= 0.3 is 0 Å². The summed E-state index contributed by atoms with van der Waals surface area (Å²) in [5, 5.41) is 2.78. The first kappa shape index (κ1) is 9.52. The molecule has 0 fully saturated rings. The highest BCUT2D eigenvalue weighted by Gasteiger charge is 2.10. The van der Waals surface area contributed by atoms with Crippen molar-refractivity contribution in [1.29, 1.82) is 0 Å². The molecular formula is C9H16N2S. The minimum atomic E-state index is 0.614. The molecule has 0 aliphatic carbocycles. The van der Waals surface area contributed by atoms with Crippen molar-refractivity contribution in [2.45, 2.75) is 39.0 Å². The van der Waals surface area contributed by atoms with Crippen LogP contribution < -0.4 is 5.73 Å². The maximum absolute atomic E-state index is 5.57. The highest BCUT2D eigenvalue weighted by atomic mass is 32.1. The minimum absolute atomic E-state index is 0.614. The van der Waals surface area contributed by atoms with Crippen molar-refractivity contribution in [2.75, 3.05) is 5.73 Å². The van der Waals surface area contributed by atoms with E-state index in [2.05, 4.69) is 24.2 Å². The maximum Gasteiger partial charge on any atom is 0.180 e. The molecule has 0 aromatic carbocycles. The van der Waals surface area contributed by atoms with Gasteiger partial charge in [0.2, 0.25) is 0 Å². The van der Waals surface area contributed by atoms with Crippen molar-refractivity contribution < 1.29 is 0 Å². The van der Waals surface area contributed by atoms with Crippen LogP contribution in [0.2, 0.25) is 0 Å². The number of anilines is 1. The lowest BCUT2D eigenvalue weighted by atomic mass is 9.98. The van der Waals surface area contributed by atoms with E-state index < -0.39 is 0 Å². The zero-order valence-corrected chi connectivity index (χ0v) is 8.53. The summed E-state index contributed by atoms with van der Waals surface area (Å²) < 4.78 is 0. The standard InChI is InChI=1S/C9H16N2S/c1-3-5-7(4-2)8-6-12-9(10)11-8/h6-7H,3-5H2,1-2H3,(H2,10,11). The summed E-state index contributed by atoms with van der Waals surface area (Å²) in [4.78, 5) is 4.30. The first-order valence-corrected chi connectivity index (χ1v) is 5.36. The van der Waals surface area contributed by atoms with Crippen molar-refractivity contribution in [1.82, 2.24) is 4.98 Å².